The number of nitrogens with one attached hydrogen (secondary N) is 1. The molecule has 0 radical (unpaired) electrons. The maximum absolute atomic E-state index is 12.2. The molecule has 1 atom stereocenters. The van der Waals surface area contributed by atoms with Gasteiger partial charge in [-0.3, -0.25) is 0 Å². The van der Waals surface area contributed by atoms with E-state index in [0.717, 1.165) is 9.35 Å². The second kappa shape index (κ2) is 8.21. The first-order valence-electron chi connectivity index (χ1n) is 6.94. The van der Waals surface area contributed by atoms with Gasteiger partial charge in [-0.1, -0.05) is 30.3 Å². The third-order valence-corrected chi connectivity index (χ3v) is 6.92. The van der Waals surface area contributed by atoms with Gasteiger partial charge in [-0.2, -0.15) is 0 Å². The Morgan fingerprint density at radius 2 is 1.86 bits per heavy atom. The largest absolute Gasteiger partial charge is 0.396 e. The molecule has 0 saturated carbocycles. The van der Waals surface area contributed by atoms with E-state index in [0.29, 0.717) is 23.6 Å². The van der Waals surface area contributed by atoms with Crippen LogP contribution in [-0.2, 0) is 10.0 Å². The van der Waals surface area contributed by atoms with Crippen molar-refractivity contribution in [2.75, 3.05) is 13.2 Å². The lowest BCUT2D eigenvalue weighted by Gasteiger charge is -2.16. The van der Waals surface area contributed by atoms with E-state index in [9.17, 15) is 13.5 Å². The van der Waals surface area contributed by atoms with Gasteiger partial charge in [-0.15, -0.1) is 11.3 Å². The minimum atomic E-state index is -3.46. The summed E-state index contributed by atoms with van der Waals surface area (Å²) in [7, 11) is -3.46. The number of sulfonamides is 1. The van der Waals surface area contributed by atoms with Crippen LogP contribution in [0.2, 0.25) is 0 Å². The quantitative estimate of drug-likeness (QED) is 0.709. The molecule has 0 amide bonds. The standard InChI is InChI=1S/C15H18BrNO3S2/c16-14-6-7-15(21-14)22(19,20)17-10-8-13(9-11-18)12-4-2-1-3-5-12/h1-7,13,17-18H,8-11H2. The van der Waals surface area contributed by atoms with Gasteiger partial charge in [0, 0.05) is 13.2 Å². The summed E-state index contributed by atoms with van der Waals surface area (Å²) in [5.74, 6) is 0.143. The second-order valence-corrected chi connectivity index (χ2v) is 9.32. The summed E-state index contributed by atoms with van der Waals surface area (Å²) in [4.78, 5) is 0. The number of halogens is 1. The predicted octanol–water partition coefficient (Wildman–Crippen LogP) is 3.35. The number of aliphatic hydroxyl groups excluding tert-OH is 1. The Bertz CT molecular complexity index is 686. The average Bonchev–Trinajstić information content (AvgIpc) is 2.95. The Kier molecular flexibility index (Phi) is 6.58. The van der Waals surface area contributed by atoms with Crippen LogP contribution in [0.3, 0.4) is 0 Å². The molecule has 2 rings (SSSR count). The summed E-state index contributed by atoms with van der Waals surface area (Å²) < 4.78 is 28.0. The van der Waals surface area contributed by atoms with E-state index in [1.807, 2.05) is 30.3 Å². The zero-order chi connectivity index (χ0) is 16.0. The molecule has 0 saturated heterocycles. The fourth-order valence-electron chi connectivity index (χ4n) is 2.24. The van der Waals surface area contributed by atoms with E-state index in [1.165, 1.54) is 11.3 Å². The Hall–Kier alpha value is -0.730. The maximum atomic E-state index is 12.2. The van der Waals surface area contributed by atoms with Crippen LogP contribution in [0.5, 0.6) is 0 Å². The summed E-state index contributed by atoms with van der Waals surface area (Å²) in [6.07, 6.45) is 1.27. The van der Waals surface area contributed by atoms with Crippen LogP contribution in [0.1, 0.15) is 24.3 Å². The highest BCUT2D eigenvalue weighted by Gasteiger charge is 2.17. The van der Waals surface area contributed by atoms with Gasteiger partial charge in [0.25, 0.3) is 0 Å². The number of hydrogen-bond donors (Lipinski definition) is 2. The summed E-state index contributed by atoms with van der Waals surface area (Å²) >= 11 is 4.45. The lowest BCUT2D eigenvalue weighted by molar-refractivity contribution is 0.273. The van der Waals surface area contributed by atoms with E-state index in [2.05, 4.69) is 20.7 Å². The highest BCUT2D eigenvalue weighted by atomic mass is 79.9. The Labute approximate surface area is 143 Å². The van der Waals surface area contributed by atoms with Crippen LogP contribution >= 0.6 is 27.3 Å². The lowest BCUT2D eigenvalue weighted by atomic mass is 9.93. The Morgan fingerprint density at radius 1 is 1.14 bits per heavy atom. The van der Waals surface area contributed by atoms with Gasteiger partial charge in [0.15, 0.2) is 0 Å². The summed E-state index contributed by atoms with van der Waals surface area (Å²) in [5.41, 5.74) is 1.12. The normalized spacial score (nSPS) is 13.2. The van der Waals surface area contributed by atoms with E-state index in [4.69, 9.17) is 0 Å². The number of aliphatic hydroxyl groups is 1. The SMILES string of the molecule is O=S(=O)(NCCC(CCO)c1ccccc1)c1ccc(Br)s1. The zero-order valence-corrected chi connectivity index (χ0v) is 15.1. The third kappa shape index (κ3) is 4.89. The molecule has 0 fully saturated rings. The van der Waals surface area contributed by atoms with E-state index < -0.39 is 10.0 Å². The van der Waals surface area contributed by atoms with Gasteiger partial charge < -0.3 is 5.11 Å². The molecule has 2 aromatic rings. The molecular formula is C15H18BrNO3S2. The lowest BCUT2D eigenvalue weighted by Crippen LogP contribution is -2.25. The van der Waals surface area contributed by atoms with Crippen LogP contribution in [-0.4, -0.2) is 26.7 Å². The fourth-order valence-corrected chi connectivity index (χ4v) is 5.34. The molecule has 1 heterocycles. The number of thiophene rings is 1. The van der Waals surface area contributed by atoms with Crippen LogP contribution in [0.4, 0.5) is 0 Å². The van der Waals surface area contributed by atoms with E-state index in [-0.39, 0.29) is 12.5 Å². The zero-order valence-electron chi connectivity index (χ0n) is 11.9. The highest BCUT2D eigenvalue weighted by molar-refractivity contribution is 9.11. The molecule has 0 aliphatic carbocycles. The van der Waals surface area contributed by atoms with Crippen molar-refractivity contribution in [2.45, 2.75) is 23.0 Å². The molecule has 0 bridgehead atoms. The number of rotatable bonds is 8. The van der Waals surface area contributed by atoms with Crippen molar-refractivity contribution in [3.05, 3.63) is 51.8 Å². The van der Waals surface area contributed by atoms with Crippen molar-refractivity contribution in [3.63, 3.8) is 0 Å². The van der Waals surface area contributed by atoms with Crippen LogP contribution in [0.15, 0.2) is 50.5 Å². The monoisotopic (exact) mass is 403 g/mol. The Balaban J connectivity index is 1.96. The molecular weight excluding hydrogens is 386 g/mol. The van der Waals surface area contributed by atoms with Gasteiger partial charge in [0.05, 0.1) is 3.79 Å². The van der Waals surface area contributed by atoms with Gasteiger partial charge in [-0.05, 0) is 52.4 Å². The van der Waals surface area contributed by atoms with Crippen molar-refractivity contribution in [2.24, 2.45) is 0 Å². The van der Waals surface area contributed by atoms with Crippen molar-refractivity contribution in [3.8, 4) is 0 Å². The number of hydrogen-bond acceptors (Lipinski definition) is 4. The van der Waals surface area contributed by atoms with E-state index >= 15 is 0 Å². The molecule has 4 nitrogen and oxygen atoms in total. The third-order valence-electron chi connectivity index (χ3n) is 3.35. The van der Waals surface area contributed by atoms with Gasteiger partial charge in [0.2, 0.25) is 10.0 Å². The second-order valence-electron chi connectivity index (χ2n) is 4.86. The molecule has 1 unspecified atom stereocenters. The highest BCUT2D eigenvalue weighted by Crippen LogP contribution is 2.26. The first-order chi connectivity index (χ1) is 10.5. The van der Waals surface area contributed by atoms with E-state index in [1.54, 1.807) is 12.1 Å². The fraction of sp³-hybridized carbons (Fsp3) is 0.333. The molecule has 0 aliphatic rings. The van der Waals surface area contributed by atoms with Crippen LogP contribution in [0.25, 0.3) is 0 Å². The first-order valence-corrected chi connectivity index (χ1v) is 10.0. The molecule has 22 heavy (non-hydrogen) atoms. The molecule has 1 aromatic heterocycles. The molecule has 2 N–H and O–H groups in total. The number of benzene rings is 1. The minimum absolute atomic E-state index is 0.0875. The van der Waals surface area contributed by atoms with Crippen LogP contribution in [0, 0.1) is 0 Å². The van der Waals surface area contributed by atoms with Gasteiger partial charge in [0.1, 0.15) is 4.21 Å². The smallest absolute Gasteiger partial charge is 0.250 e. The molecule has 7 heteroatoms. The molecule has 0 aliphatic heterocycles. The van der Waals surface area contributed by atoms with Gasteiger partial charge >= 0.3 is 0 Å². The summed E-state index contributed by atoms with van der Waals surface area (Å²) in [5, 5.41) is 9.20. The molecule has 1 aromatic carbocycles. The average molecular weight is 404 g/mol. The van der Waals surface area contributed by atoms with Crippen molar-refractivity contribution in [1.29, 1.82) is 0 Å². The van der Waals surface area contributed by atoms with Gasteiger partial charge in [-0.25, -0.2) is 13.1 Å². The molecule has 0 spiro atoms. The Morgan fingerprint density at radius 3 is 2.45 bits per heavy atom. The summed E-state index contributed by atoms with van der Waals surface area (Å²) in [6.45, 7) is 0.432. The maximum Gasteiger partial charge on any atom is 0.250 e. The first kappa shape index (κ1) is 17.6. The van der Waals surface area contributed by atoms with Crippen LogP contribution < -0.4 is 4.72 Å². The summed E-state index contributed by atoms with van der Waals surface area (Å²) in [6, 6.07) is 13.2. The van der Waals surface area contributed by atoms with Crippen molar-refractivity contribution in [1.82, 2.24) is 4.72 Å². The topological polar surface area (TPSA) is 66.4 Å². The van der Waals surface area contributed by atoms with Crippen molar-refractivity contribution < 1.29 is 13.5 Å². The van der Waals surface area contributed by atoms with Crippen molar-refractivity contribution >= 4 is 37.3 Å². The minimum Gasteiger partial charge on any atom is -0.396 e. The predicted molar refractivity (Wildman–Crippen MR) is 92.7 cm³/mol. The molecule has 120 valence electrons.